The molecule has 0 unspecified atom stereocenters. The highest BCUT2D eigenvalue weighted by Crippen LogP contribution is 2.24. The normalized spacial score (nSPS) is 11.3. The van der Waals surface area contributed by atoms with Crippen molar-refractivity contribution in [3.05, 3.63) is 60.7 Å². The second kappa shape index (κ2) is 7.48. The number of halogens is 1. The van der Waals surface area contributed by atoms with Crippen molar-refractivity contribution in [2.24, 2.45) is 0 Å². The third kappa shape index (κ3) is 4.76. The fourth-order valence-corrected chi connectivity index (χ4v) is 3.68. The van der Waals surface area contributed by atoms with Gasteiger partial charge in [0, 0.05) is 23.8 Å². The van der Waals surface area contributed by atoms with Gasteiger partial charge in [-0.1, -0.05) is 36.4 Å². The van der Waals surface area contributed by atoms with E-state index in [0.717, 1.165) is 11.4 Å². The molecule has 21 heavy (non-hydrogen) atoms. The molecule has 0 aromatic heterocycles. The SMILES string of the molecule is O=S(=O)(CCCl)CCN(c1ccccc1)c1ccccc1. The van der Waals surface area contributed by atoms with Gasteiger partial charge in [-0.2, -0.15) is 0 Å². The summed E-state index contributed by atoms with van der Waals surface area (Å²) in [5.74, 6) is 0.245. The predicted molar refractivity (Wildman–Crippen MR) is 89.3 cm³/mol. The highest BCUT2D eigenvalue weighted by Gasteiger charge is 2.15. The van der Waals surface area contributed by atoms with E-state index in [9.17, 15) is 8.42 Å². The first-order valence-corrected chi connectivity index (χ1v) is 9.12. The van der Waals surface area contributed by atoms with Gasteiger partial charge in [0.15, 0.2) is 9.84 Å². The van der Waals surface area contributed by atoms with Crippen LogP contribution in [-0.2, 0) is 9.84 Å². The van der Waals surface area contributed by atoms with Gasteiger partial charge in [-0.15, -0.1) is 11.6 Å². The zero-order valence-corrected chi connectivity index (χ0v) is 13.2. The standard InChI is InChI=1S/C16H18ClNO2S/c17-11-13-21(19,20)14-12-18(15-7-3-1-4-8-15)16-9-5-2-6-10-16/h1-10H,11-14H2. The van der Waals surface area contributed by atoms with Gasteiger partial charge in [0.25, 0.3) is 0 Å². The molecule has 0 fully saturated rings. The van der Waals surface area contributed by atoms with E-state index < -0.39 is 9.84 Å². The van der Waals surface area contributed by atoms with Crippen LogP contribution in [0.5, 0.6) is 0 Å². The number of hydrogen-bond acceptors (Lipinski definition) is 3. The summed E-state index contributed by atoms with van der Waals surface area (Å²) in [4.78, 5) is 2.01. The molecule has 0 aliphatic carbocycles. The Morgan fingerprint density at radius 1 is 0.810 bits per heavy atom. The van der Waals surface area contributed by atoms with E-state index in [1.165, 1.54) is 0 Å². The minimum atomic E-state index is -3.12. The molecule has 0 saturated carbocycles. The molecule has 0 aliphatic heterocycles. The molecule has 2 rings (SSSR count). The molecule has 5 heteroatoms. The Balaban J connectivity index is 2.22. The molecule has 0 heterocycles. The fraction of sp³-hybridized carbons (Fsp3) is 0.250. The second-order valence-corrected chi connectivity index (χ2v) is 7.35. The van der Waals surface area contributed by atoms with Crippen LogP contribution in [0.15, 0.2) is 60.7 Å². The Morgan fingerprint density at radius 3 is 1.71 bits per heavy atom. The molecule has 0 bridgehead atoms. The van der Waals surface area contributed by atoms with Crippen molar-refractivity contribution in [1.82, 2.24) is 0 Å². The van der Waals surface area contributed by atoms with E-state index in [1.807, 2.05) is 65.6 Å². The number of anilines is 2. The molecule has 0 aliphatic rings. The van der Waals surface area contributed by atoms with Crippen molar-refractivity contribution in [1.29, 1.82) is 0 Å². The molecular formula is C16H18ClNO2S. The van der Waals surface area contributed by atoms with Gasteiger partial charge in [-0.3, -0.25) is 0 Å². The zero-order chi connectivity index (χ0) is 15.1. The Kier molecular flexibility index (Phi) is 5.65. The van der Waals surface area contributed by atoms with Crippen LogP contribution in [0, 0.1) is 0 Å². The number of para-hydroxylation sites is 2. The summed E-state index contributed by atoms with van der Waals surface area (Å²) in [5, 5.41) is 0. The summed E-state index contributed by atoms with van der Waals surface area (Å²) in [7, 11) is -3.12. The van der Waals surface area contributed by atoms with Crippen molar-refractivity contribution >= 4 is 32.8 Å². The van der Waals surface area contributed by atoms with Crippen LogP contribution in [-0.4, -0.2) is 32.3 Å². The van der Waals surface area contributed by atoms with Crippen molar-refractivity contribution < 1.29 is 8.42 Å². The largest absolute Gasteiger partial charge is 0.340 e. The third-order valence-corrected chi connectivity index (χ3v) is 5.19. The van der Waals surface area contributed by atoms with E-state index in [4.69, 9.17) is 11.6 Å². The maximum absolute atomic E-state index is 11.9. The van der Waals surface area contributed by atoms with Gasteiger partial charge in [0.2, 0.25) is 0 Å². The third-order valence-electron chi connectivity index (χ3n) is 3.15. The molecule has 0 radical (unpaired) electrons. The van der Waals surface area contributed by atoms with Gasteiger partial charge in [-0.25, -0.2) is 8.42 Å². The van der Waals surface area contributed by atoms with E-state index >= 15 is 0 Å². The van der Waals surface area contributed by atoms with Crippen molar-refractivity contribution in [3.63, 3.8) is 0 Å². The molecule has 0 atom stereocenters. The lowest BCUT2D eigenvalue weighted by Crippen LogP contribution is -2.26. The van der Waals surface area contributed by atoms with E-state index in [0.29, 0.717) is 6.54 Å². The van der Waals surface area contributed by atoms with Crippen LogP contribution in [0.4, 0.5) is 11.4 Å². The molecule has 0 N–H and O–H groups in total. The topological polar surface area (TPSA) is 37.4 Å². The van der Waals surface area contributed by atoms with Gasteiger partial charge in [-0.05, 0) is 24.3 Å². The monoisotopic (exact) mass is 323 g/mol. The fourth-order valence-electron chi connectivity index (χ4n) is 2.07. The number of hydrogen-bond donors (Lipinski definition) is 0. The zero-order valence-electron chi connectivity index (χ0n) is 11.7. The van der Waals surface area contributed by atoms with Crippen LogP contribution < -0.4 is 4.90 Å². The average Bonchev–Trinajstić information content (AvgIpc) is 2.49. The number of nitrogens with zero attached hydrogens (tertiary/aromatic N) is 1. The van der Waals surface area contributed by atoms with Crippen molar-refractivity contribution in [2.75, 3.05) is 28.8 Å². The van der Waals surface area contributed by atoms with E-state index in [-0.39, 0.29) is 17.4 Å². The quantitative estimate of drug-likeness (QED) is 0.732. The van der Waals surface area contributed by atoms with Crippen molar-refractivity contribution in [3.8, 4) is 0 Å². The predicted octanol–water partition coefficient (Wildman–Crippen LogP) is 3.48. The maximum atomic E-state index is 11.9. The van der Waals surface area contributed by atoms with Gasteiger partial charge >= 0.3 is 0 Å². The first-order valence-electron chi connectivity index (χ1n) is 6.76. The van der Waals surface area contributed by atoms with Crippen LogP contribution in [0.1, 0.15) is 0 Å². The van der Waals surface area contributed by atoms with Gasteiger partial charge in [0.1, 0.15) is 0 Å². The van der Waals surface area contributed by atoms with Crippen molar-refractivity contribution in [2.45, 2.75) is 0 Å². The Labute approximate surface area is 131 Å². The summed E-state index contributed by atoms with van der Waals surface area (Å²) in [6.45, 7) is 0.410. The van der Waals surface area contributed by atoms with Gasteiger partial charge < -0.3 is 4.90 Å². The minimum Gasteiger partial charge on any atom is -0.340 e. The molecule has 112 valence electrons. The summed E-state index contributed by atoms with van der Waals surface area (Å²) in [6, 6.07) is 19.5. The van der Waals surface area contributed by atoms with Crippen LogP contribution in [0.2, 0.25) is 0 Å². The number of benzene rings is 2. The first-order chi connectivity index (χ1) is 10.1. The number of sulfone groups is 1. The Hall–Kier alpha value is -1.52. The molecule has 0 saturated heterocycles. The highest BCUT2D eigenvalue weighted by atomic mass is 35.5. The summed E-state index contributed by atoms with van der Waals surface area (Å²) in [6.07, 6.45) is 0. The minimum absolute atomic E-state index is 0.0198. The molecule has 2 aromatic carbocycles. The highest BCUT2D eigenvalue weighted by molar-refractivity contribution is 7.91. The summed E-state index contributed by atoms with van der Waals surface area (Å²) >= 11 is 5.54. The van der Waals surface area contributed by atoms with Crippen LogP contribution in [0.25, 0.3) is 0 Å². The van der Waals surface area contributed by atoms with Crippen LogP contribution in [0.3, 0.4) is 0 Å². The first kappa shape index (κ1) is 15.9. The smallest absolute Gasteiger partial charge is 0.153 e. The summed E-state index contributed by atoms with van der Waals surface area (Å²) < 4.78 is 23.8. The maximum Gasteiger partial charge on any atom is 0.153 e. The lowest BCUT2D eigenvalue weighted by molar-refractivity contribution is 0.597. The Morgan fingerprint density at radius 2 is 1.29 bits per heavy atom. The van der Waals surface area contributed by atoms with Gasteiger partial charge in [0.05, 0.1) is 11.5 Å². The number of rotatable bonds is 7. The molecule has 2 aromatic rings. The lowest BCUT2D eigenvalue weighted by atomic mass is 10.2. The lowest BCUT2D eigenvalue weighted by Gasteiger charge is -2.25. The summed E-state index contributed by atoms with van der Waals surface area (Å²) in [5.41, 5.74) is 1.95. The molecule has 3 nitrogen and oxygen atoms in total. The second-order valence-electron chi connectivity index (χ2n) is 4.66. The molecule has 0 amide bonds. The average molecular weight is 324 g/mol. The molecular weight excluding hydrogens is 306 g/mol. The van der Waals surface area contributed by atoms with E-state index in [1.54, 1.807) is 0 Å². The molecule has 0 spiro atoms. The number of alkyl halides is 1. The Bertz CT molecular complexity index is 605. The van der Waals surface area contributed by atoms with Crippen LogP contribution >= 0.6 is 11.6 Å². The van der Waals surface area contributed by atoms with E-state index in [2.05, 4.69) is 0 Å².